The summed E-state index contributed by atoms with van der Waals surface area (Å²) in [7, 11) is 0. The maximum absolute atomic E-state index is 13.4. The van der Waals surface area contributed by atoms with Crippen LogP contribution in [0.15, 0.2) is 40.9 Å². The van der Waals surface area contributed by atoms with Crippen LogP contribution in [0.2, 0.25) is 10.0 Å². The van der Waals surface area contributed by atoms with Crippen molar-refractivity contribution < 1.29 is 9.50 Å². The van der Waals surface area contributed by atoms with Gasteiger partial charge < -0.3 is 5.11 Å². The fraction of sp³-hybridized carbons (Fsp3) is 0.200. The van der Waals surface area contributed by atoms with E-state index < -0.39 is 6.10 Å². The summed E-state index contributed by atoms with van der Waals surface area (Å²) in [6, 6.07) is 9.96. The minimum atomic E-state index is -0.689. The van der Waals surface area contributed by atoms with Crippen molar-refractivity contribution in [2.24, 2.45) is 0 Å². The number of halogens is 4. The maximum Gasteiger partial charge on any atom is 0.137 e. The normalized spacial score (nSPS) is 12.4. The Morgan fingerprint density at radius 3 is 2.30 bits per heavy atom. The van der Waals surface area contributed by atoms with Crippen LogP contribution in [0.4, 0.5) is 4.39 Å². The van der Waals surface area contributed by atoms with Crippen LogP contribution in [0.25, 0.3) is 0 Å². The van der Waals surface area contributed by atoms with Gasteiger partial charge in [0, 0.05) is 16.5 Å². The Morgan fingerprint density at radius 2 is 1.65 bits per heavy atom. The highest BCUT2D eigenvalue weighted by molar-refractivity contribution is 9.10. The number of aliphatic hydroxyl groups excluding tert-OH is 1. The lowest BCUT2D eigenvalue weighted by molar-refractivity contribution is 0.175. The molecule has 0 saturated heterocycles. The summed E-state index contributed by atoms with van der Waals surface area (Å²) < 4.78 is 13.8. The maximum atomic E-state index is 13.4. The van der Waals surface area contributed by atoms with E-state index in [1.165, 1.54) is 6.07 Å². The predicted octanol–water partition coefficient (Wildman–Crippen LogP) is 5.04. The Bertz CT molecular complexity index is 599. The van der Waals surface area contributed by atoms with Gasteiger partial charge in [-0.1, -0.05) is 41.4 Å². The van der Waals surface area contributed by atoms with E-state index in [2.05, 4.69) is 15.9 Å². The molecule has 0 aliphatic heterocycles. The molecular formula is C15H12BrCl2FO. The molecule has 0 aromatic heterocycles. The fourth-order valence-corrected chi connectivity index (χ4v) is 2.97. The van der Waals surface area contributed by atoms with Crippen molar-refractivity contribution in [1.82, 2.24) is 0 Å². The summed E-state index contributed by atoms with van der Waals surface area (Å²) in [5.74, 6) is -0.342. The summed E-state index contributed by atoms with van der Waals surface area (Å²) in [6.07, 6.45) is -0.0491. The molecule has 5 heteroatoms. The van der Waals surface area contributed by atoms with Crippen molar-refractivity contribution in [3.63, 3.8) is 0 Å². The van der Waals surface area contributed by atoms with Gasteiger partial charge in [-0.25, -0.2) is 4.39 Å². The molecule has 0 aliphatic rings. The fourth-order valence-electron chi connectivity index (χ4n) is 2.00. The molecule has 1 nitrogen and oxygen atoms in total. The van der Waals surface area contributed by atoms with E-state index in [0.29, 0.717) is 38.5 Å². The first-order valence-electron chi connectivity index (χ1n) is 6.03. The molecule has 20 heavy (non-hydrogen) atoms. The Labute approximate surface area is 135 Å². The molecule has 2 aromatic carbocycles. The lowest BCUT2D eigenvalue weighted by Gasteiger charge is -2.14. The molecule has 106 valence electrons. The van der Waals surface area contributed by atoms with E-state index in [1.54, 1.807) is 30.3 Å². The quantitative estimate of drug-likeness (QED) is 0.791. The largest absolute Gasteiger partial charge is 0.392 e. The lowest BCUT2D eigenvalue weighted by Crippen LogP contribution is -2.15. The highest BCUT2D eigenvalue weighted by Gasteiger charge is 2.14. The van der Waals surface area contributed by atoms with Crippen molar-refractivity contribution in [3.8, 4) is 0 Å². The van der Waals surface area contributed by atoms with E-state index in [-0.39, 0.29) is 5.82 Å². The van der Waals surface area contributed by atoms with Crippen molar-refractivity contribution in [1.29, 1.82) is 0 Å². The van der Waals surface area contributed by atoms with Crippen LogP contribution < -0.4 is 0 Å². The van der Waals surface area contributed by atoms with Crippen molar-refractivity contribution >= 4 is 39.1 Å². The zero-order chi connectivity index (χ0) is 14.7. The summed E-state index contributed by atoms with van der Waals surface area (Å²) in [6.45, 7) is 0. The SMILES string of the molecule is OC(Cc1cccc(F)c1Br)Cc1c(Cl)cccc1Cl. The van der Waals surface area contributed by atoms with Gasteiger partial charge in [0.05, 0.1) is 10.6 Å². The third-order valence-electron chi connectivity index (χ3n) is 2.99. The van der Waals surface area contributed by atoms with Crippen LogP contribution in [0.1, 0.15) is 11.1 Å². The second-order valence-corrected chi connectivity index (χ2v) is 6.08. The summed E-state index contributed by atoms with van der Waals surface area (Å²) in [4.78, 5) is 0. The van der Waals surface area contributed by atoms with Gasteiger partial charge >= 0.3 is 0 Å². The molecule has 0 amide bonds. The summed E-state index contributed by atoms with van der Waals surface area (Å²) in [5, 5.41) is 11.2. The molecule has 0 saturated carbocycles. The first-order chi connectivity index (χ1) is 9.49. The molecule has 0 fully saturated rings. The lowest BCUT2D eigenvalue weighted by atomic mass is 10.0. The topological polar surface area (TPSA) is 20.2 Å². The van der Waals surface area contributed by atoms with Crippen LogP contribution in [0, 0.1) is 5.82 Å². The monoisotopic (exact) mass is 376 g/mol. The minimum Gasteiger partial charge on any atom is -0.392 e. The molecule has 0 radical (unpaired) electrons. The minimum absolute atomic E-state index is 0.319. The highest BCUT2D eigenvalue weighted by Crippen LogP contribution is 2.27. The number of hydrogen-bond acceptors (Lipinski definition) is 1. The van der Waals surface area contributed by atoms with Crippen LogP contribution >= 0.6 is 39.1 Å². The van der Waals surface area contributed by atoms with E-state index in [1.807, 2.05) is 0 Å². The second kappa shape index (κ2) is 6.90. The molecule has 1 unspecified atom stereocenters. The average Bonchev–Trinajstić information content (AvgIpc) is 2.39. The summed E-state index contributed by atoms with van der Waals surface area (Å²) >= 11 is 15.3. The van der Waals surface area contributed by atoms with Crippen molar-refractivity contribution in [3.05, 3.63) is 67.9 Å². The number of rotatable bonds is 4. The molecular weight excluding hydrogens is 366 g/mol. The van der Waals surface area contributed by atoms with Gasteiger partial charge in [-0.3, -0.25) is 0 Å². The predicted molar refractivity (Wildman–Crippen MR) is 84.0 cm³/mol. The van der Waals surface area contributed by atoms with Crippen LogP contribution in [-0.2, 0) is 12.8 Å². The Morgan fingerprint density at radius 1 is 1.05 bits per heavy atom. The van der Waals surface area contributed by atoms with Crippen molar-refractivity contribution in [2.45, 2.75) is 18.9 Å². The molecule has 0 heterocycles. The van der Waals surface area contributed by atoms with Gasteiger partial charge in [-0.05, 0) is 51.7 Å². The smallest absolute Gasteiger partial charge is 0.137 e. The Kier molecular flexibility index (Phi) is 5.44. The first-order valence-corrected chi connectivity index (χ1v) is 7.57. The van der Waals surface area contributed by atoms with E-state index >= 15 is 0 Å². The van der Waals surface area contributed by atoms with Crippen LogP contribution in [0.3, 0.4) is 0 Å². The molecule has 0 bridgehead atoms. The third kappa shape index (κ3) is 3.73. The van der Waals surface area contributed by atoms with E-state index in [0.717, 1.165) is 0 Å². The van der Waals surface area contributed by atoms with E-state index in [9.17, 15) is 9.50 Å². The van der Waals surface area contributed by atoms with Gasteiger partial charge in [0.1, 0.15) is 5.82 Å². The first kappa shape index (κ1) is 15.8. The number of hydrogen-bond donors (Lipinski definition) is 1. The molecule has 0 spiro atoms. The zero-order valence-corrected chi connectivity index (χ0v) is 13.5. The average molecular weight is 378 g/mol. The molecule has 2 aromatic rings. The van der Waals surface area contributed by atoms with Gasteiger partial charge in [-0.2, -0.15) is 0 Å². The third-order valence-corrected chi connectivity index (χ3v) is 4.58. The Hall–Kier alpha value is -0.610. The van der Waals surface area contributed by atoms with Gasteiger partial charge in [0.2, 0.25) is 0 Å². The summed E-state index contributed by atoms with van der Waals surface area (Å²) in [5.41, 5.74) is 1.41. The molecule has 0 aliphatic carbocycles. The number of aliphatic hydroxyl groups is 1. The molecule has 1 N–H and O–H groups in total. The number of benzene rings is 2. The molecule has 2 rings (SSSR count). The standard InChI is InChI=1S/C15H12BrCl2FO/c16-15-9(3-1-6-14(15)19)7-10(20)8-11-12(17)4-2-5-13(11)18/h1-6,10,20H,7-8H2. The van der Waals surface area contributed by atoms with Crippen molar-refractivity contribution in [2.75, 3.05) is 0 Å². The zero-order valence-electron chi connectivity index (χ0n) is 10.4. The second-order valence-electron chi connectivity index (χ2n) is 4.48. The highest BCUT2D eigenvalue weighted by atomic mass is 79.9. The van der Waals surface area contributed by atoms with Crippen LogP contribution in [-0.4, -0.2) is 11.2 Å². The van der Waals surface area contributed by atoms with Crippen LogP contribution in [0.5, 0.6) is 0 Å². The molecule has 1 atom stereocenters. The van der Waals surface area contributed by atoms with E-state index in [4.69, 9.17) is 23.2 Å². The van der Waals surface area contributed by atoms with Gasteiger partial charge in [-0.15, -0.1) is 0 Å². The van der Waals surface area contributed by atoms with Gasteiger partial charge in [0.15, 0.2) is 0 Å². The van der Waals surface area contributed by atoms with Gasteiger partial charge in [0.25, 0.3) is 0 Å². The Balaban J connectivity index is 2.13.